The van der Waals surface area contributed by atoms with Crippen LogP contribution in [-0.4, -0.2) is 69.4 Å². The van der Waals surface area contributed by atoms with E-state index in [1.807, 2.05) is 0 Å². The quantitative estimate of drug-likeness (QED) is 0.413. The fraction of sp³-hybridized carbons (Fsp3) is 0.647. The number of piperidine rings is 1. The molecule has 2 heterocycles. The summed E-state index contributed by atoms with van der Waals surface area (Å²) in [5.74, 6) is 0.363. The molecular weight excluding hydrogens is 578 g/mol. The molecular formula is C34H44ClN5O4. The van der Waals surface area contributed by atoms with E-state index >= 15 is 0 Å². The fourth-order valence-corrected chi connectivity index (χ4v) is 8.85. The summed E-state index contributed by atoms with van der Waals surface area (Å²) in [6.45, 7) is 10.6. The van der Waals surface area contributed by atoms with Gasteiger partial charge in [-0.3, -0.25) is 4.79 Å². The van der Waals surface area contributed by atoms with E-state index in [-0.39, 0.29) is 41.1 Å². The number of nitriles is 1. The van der Waals surface area contributed by atoms with Gasteiger partial charge in [0.25, 0.3) is 5.91 Å². The molecule has 1 amide bonds. The first-order valence-electron chi connectivity index (χ1n) is 16.0. The van der Waals surface area contributed by atoms with E-state index in [4.69, 9.17) is 26.3 Å². The molecule has 3 aliphatic carbocycles. The van der Waals surface area contributed by atoms with Crippen molar-refractivity contribution >= 4 is 17.5 Å². The Bertz CT molecular complexity index is 1380. The third kappa shape index (κ3) is 5.89. The molecule has 1 aliphatic heterocycles. The summed E-state index contributed by atoms with van der Waals surface area (Å²) in [5.41, 5.74) is 0.433. The van der Waals surface area contributed by atoms with Crippen molar-refractivity contribution in [2.75, 3.05) is 13.1 Å². The molecule has 1 spiro atoms. The zero-order valence-electron chi connectivity index (χ0n) is 26.2. The summed E-state index contributed by atoms with van der Waals surface area (Å²) in [7, 11) is 0. The van der Waals surface area contributed by atoms with Gasteiger partial charge in [0.15, 0.2) is 0 Å². The monoisotopic (exact) mass is 621 g/mol. The van der Waals surface area contributed by atoms with Crippen LogP contribution in [0.4, 0.5) is 0 Å². The van der Waals surface area contributed by atoms with Crippen LogP contribution in [0.25, 0.3) is 0 Å². The Balaban J connectivity index is 0.978. The Morgan fingerprint density at radius 2 is 1.68 bits per heavy atom. The fourth-order valence-electron chi connectivity index (χ4n) is 8.64. The van der Waals surface area contributed by atoms with Crippen molar-refractivity contribution in [3.63, 3.8) is 0 Å². The molecule has 4 aliphatic rings. The van der Waals surface area contributed by atoms with Gasteiger partial charge in [-0.25, -0.2) is 9.97 Å². The standard InChI is InChI=1S/C34H44ClN5O4/c1-32(2)29(33(3,4)30(32)43-25-10-5-21(18-36)27(35)15-25)39-28(42)22-19-37-31(38-20-22)44-26-16-34(17-26)11-13-40(14-12-34)23-6-8-24(41)9-7-23/h5,10,15,19-20,23-24,26,29-30,41H,6-9,11-14,16-17H2,1-4H3,(H,39,42). The van der Waals surface area contributed by atoms with E-state index in [1.54, 1.807) is 18.2 Å². The van der Waals surface area contributed by atoms with Crippen LogP contribution >= 0.6 is 11.6 Å². The zero-order valence-corrected chi connectivity index (χ0v) is 26.9. The number of aliphatic hydroxyl groups excluding tert-OH is 1. The third-order valence-corrected chi connectivity index (χ3v) is 11.3. The second-order valence-corrected chi connectivity index (χ2v) is 15.1. The van der Waals surface area contributed by atoms with E-state index in [0.717, 1.165) is 51.6 Å². The highest BCUT2D eigenvalue weighted by Crippen LogP contribution is 2.56. The normalized spacial score (nSPS) is 29.1. The smallest absolute Gasteiger partial charge is 0.316 e. The lowest BCUT2D eigenvalue weighted by Gasteiger charge is -2.63. The Hall–Kier alpha value is -2.93. The first kappa shape index (κ1) is 31.1. The van der Waals surface area contributed by atoms with Crippen LogP contribution in [-0.2, 0) is 0 Å². The van der Waals surface area contributed by atoms with Gasteiger partial charge in [-0.1, -0.05) is 39.3 Å². The minimum absolute atomic E-state index is 0.102. The van der Waals surface area contributed by atoms with Crippen LogP contribution in [0.1, 0.15) is 95.0 Å². The van der Waals surface area contributed by atoms with Crippen LogP contribution in [0.3, 0.4) is 0 Å². The number of rotatable bonds is 7. The van der Waals surface area contributed by atoms with E-state index in [1.165, 1.54) is 25.2 Å². The zero-order chi connectivity index (χ0) is 31.3. The van der Waals surface area contributed by atoms with Gasteiger partial charge in [0.2, 0.25) is 0 Å². The number of hydrogen-bond donors (Lipinski definition) is 2. The van der Waals surface area contributed by atoms with E-state index < -0.39 is 0 Å². The van der Waals surface area contributed by atoms with E-state index in [9.17, 15) is 9.90 Å². The number of carbonyl (C=O) groups is 1. The van der Waals surface area contributed by atoms with Crippen LogP contribution < -0.4 is 14.8 Å². The number of aliphatic hydroxyl groups is 1. The van der Waals surface area contributed by atoms with Gasteiger partial charge in [-0.2, -0.15) is 5.26 Å². The maximum absolute atomic E-state index is 13.2. The lowest BCUT2D eigenvalue weighted by Crippen LogP contribution is -2.74. The Labute approximate surface area is 265 Å². The van der Waals surface area contributed by atoms with Gasteiger partial charge < -0.3 is 24.8 Å². The molecule has 44 heavy (non-hydrogen) atoms. The van der Waals surface area contributed by atoms with Crippen LogP contribution in [0.5, 0.6) is 11.8 Å². The topological polar surface area (TPSA) is 121 Å². The van der Waals surface area contributed by atoms with E-state index in [2.05, 4.69) is 53.9 Å². The molecule has 0 radical (unpaired) electrons. The number of halogens is 1. The molecule has 0 atom stereocenters. The van der Waals surface area contributed by atoms with Gasteiger partial charge in [0.05, 0.1) is 22.3 Å². The first-order chi connectivity index (χ1) is 20.9. The van der Waals surface area contributed by atoms with Crippen molar-refractivity contribution in [2.45, 2.75) is 109 Å². The van der Waals surface area contributed by atoms with Gasteiger partial charge in [-0.05, 0) is 82.0 Å². The van der Waals surface area contributed by atoms with Crippen molar-refractivity contribution in [1.29, 1.82) is 5.26 Å². The van der Waals surface area contributed by atoms with Crippen molar-refractivity contribution in [3.8, 4) is 17.8 Å². The summed E-state index contributed by atoms with van der Waals surface area (Å²) < 4.78 is 12.4. The molecule has 10 heteroatoms. The second-order valence-electron chi connectivity index (χ2n) is 14.7. The first-order valence-corrected chi connectivity index (χ1v) is 16.4. The number of nitrogens with zero attached hydrogens (tertiary/aromatic N) is 4. The van der Waals surface area contributed by atoms with Crippen LogP contribution in [0, 0.1) is 27.6 Å². The summed E-state index contributed by atoms with van der Waals surface area (Å²) in [6.07, 6.45) is 11.5. The molecule has 4 fully saturated rings. The van der Waals surface area contributed by atoms with Crippen LogP contribution in [0.2, 0.25) is 5.02 Å². The minimum atomic E-state index is -0.362. The maximum Gasteiger partial charge on any atom is 0.316 e. The largest absolute Gasteiger partial charge is 0.489 e. The lowest BCUT2D eigenvalue weighted by atomic mass is 9.49. The van der Waals surface area contributed by atoms with E-state index in [0.29, 0.717) is 39.4 Å². The lowest BCUT2D eigenvalue weighted by molar-refractivity contribution is -0.164. The van der Waals surface area contributed by atoms with Crippen molar-refractivity contribution in [1.82, 2.24) is 20.2 Å². The summed E-state index contributed by atoms with van der Waals surface area (Å²) in [5, 5.41) is 22.5. The highest BCUT2D eigenvalue weighted by atomic mass is 35.5. The predicted octanol–water partition coefficient (Wildman–Crippen LogP) is 5.54. The number of nitrogens with one attached hydrogen (secondary N) is 1. The minimum Gasteiger partial charge on any atom is -0.489 e. The summed E-state index contributed by atoms with van der Waals surface area (Å²) >= 11 is 6.21. The second kappa shape index (κ2) is 11.8. The molecule has 2 aromatic rings. The molecule has 9 nitrogen and oxygen atoms in total. The molecule has 3 saturated carbocycles. The van der Waals surface area contributed by atoms with Crippen molar-refractivity contribution in [3.05, 3.63) is 46.7 Å². The molecule has 1 saturated heterocycles. The van der Waals surface area contributed by atoms with Crippen molar-refractivity contribution < 1.29 is 19.4 Å². The van der Waals surface area contributed by atoms with Gasteiger partial charge >= 0.3 is 6.01 Å². The highest BCUT2D eigenvalue weighted by Gasteiger charge is 2.64. The average Bonchev–Trinajstić information content (AvgIpc) is 2.99. The van der Waals surface area contributed by atoms with Gasteiger partial charge in [0, 0.05) is 41.4 Å². The number of ether oxygens (including phenoxy) is 2. The highest BCUT2D eigenvalue weighted by molar-refractivity contribution is 6.31. The Kier molecular flexibility index (Phi) is 8.32. The molecule has 0 unspecified atom stereocenters. The summed E-state index contributed by atoms with van der Waals surface area (Å²) in [6, 6.07) is 7.93. The maximum atomic E-state index is 13.2. The number of benzene rings is 1. The van der Waals surface area contributed by atoms with Gasteiger partial charge in [-0.15, -0.1) is 0 Å². The predicted molar refractivity (Wildman–Crippen MR) is 167 cm³/mol. The molecule has 0 bridgehead atoms. The molecule has 6 rings (SSSR count). The summed E-state index contributed by atoms with van der Waals surface area (Å²) in [4.78, 5) is 24.6. The number of likely N-dealkylation sites (tertiary alicyclic amines) is 1. The Morgan fingerprint density at radius 1 is 1.05 bits per heavy atom. The van der Waals surface area contributed by atoms with Crippen molar-refractivity contribution in [2.24, 2.45) is 16.2 Å². The molecule has 236 valence electrons. The number of aromatic nitrogens is 2. The van der Waals surface area contributed by atoms with Gasteiger partial charge in [0.1, 0.15) is 24.0 Å². The van der Waals surface area contributed by atoms with Crippen LogP contribution in [0.15, 0.2) is 30.6 Å². The third-order valence-electron chi connectivity index (χ3n) is 11.0. The molecule has 1 aromatic carbocycles. The molecule has 1 aromatic heterocycles. The number of carbonyl (C=O) groups excluding carboxylic acids is 1. The number of amides is 1. The average molecular weight is 622 g/mol. The number of hydrogen-bond acceptors (Lipinski definition) is 8. The molecule has 2 N–H and O–H groups in total. The SMILES string of the molecule is CC1(C)C(NC(=O)c2cnc(OC3CC4(CCN(C5CCC(O)CC5)CC4)C3)nc2)C(C)(C)C1Oc1ccc(C#N)c(Cl)c1. The Morgan fingerprint density at radius 3 is 2.27 bits per heavy atom.